The van der Waals surface area contributed by atoms with Gasteiger partial charge in [-0.3, -0.25) is 4.79 Å². The summed E-state index contributed by atoms with van der Waals surface area (Å²) in [6.07, 6.45) is 3.65. The van der Waals surface area contributed by atoms with Crippen LogP contribution in [0.1, 0.15) is 22.3 Å². The third kappa shape index (κ3) is 6.43. The van der Waals surface area contributed by atoms with Gasteiger partial charge in [0.1, 0.15) is 17.2 Å². The van der Waals surface area contributed by atoms with Gasteiger partial charge in [-0.25, -0.2) is 0 Å². The van der Waals surface area contributed by atoms with E-state index >= 15 is 0 Å². The summed E-state index contributed by atoms with van der Waals surface area (Å²) in [5, 5.41) is 23.4. The van der Waals surface area contributed by atoms with Crippen molar-refractivity contribution >= 4 is 41.1 Å². The molecule has 0 fully saturated rings. The lowest BCUT2D eigenvalue weighted by atomic mass is 10.1. The van der Waals surface area contributed by atoms with Crippen molar-refractivity contribution in [1.82, 2.24) is 0 Å². The van der Waals surface area contributed by atoms with Crippen molar-refractivity contribution in [1.29, 1.82) is 0 Å². The maximum atomic E-state index is 12.8. The fourth-order valence-corrected chi connectivity index (χ4v) is 3.85. The Morgan fingerprint density at radius 3 is 2.40 bits per heavy atom. The molecule has 0 bridgehead atoms. The van der Waals surface area contributed by atoms with Crippen LogP contribution in [0.4, 0.5) is 11.4 Å². The molecule has 4 aromatic carbocycles. The molecule has 176 valence electrons. The number of aromatic hydroxyl groups is 2. The van der Waals surface area contributed by atoms with Crippen LogP contribution in [0.5, 0.6) is 17.2 Å². The monoisotopic (exact) mass is 485 g/mol. The largest absolute Gasteiger partial charge is 0.508 e. The van der Waals surface area contributed by atoms with Crippen molar-refractivity contribution in [3.05, 3.63) is 112 Å². The van der Waals surface area contributed by atoms with Gasteiger partial charge in [0.05, 0.1) is 17.1 Å². The number of hydrogen-bond acceptors (Lipinski definition) is 5. The van der Waals surface area contributed by atoms with E-state index in [1.54, 1.807) is 42.5 Å². The standard InChI is InChI=1S/C29H24ClNO4/c1-19-5-4-7-26(30)29(19)31-27-8-3-2-6-22(27)17-28(34)35-25-16-21(15-24(33)18-25)10-9-20-11-13-23(32)14-12-20/h2-16,18,31-33H,17H2,1H3/b10-9+. The quantitative estimate of drug-likeness (QED) is 0.147. The van der Waals surface area contributed by atoms with E-state index < -0.39 is 5.97 Å². The van der Waals surface area contributed by atoms with Crippen LogP contribution < -0.4 is 10.1 Å². The SMILES string of the molecule is Cc1cccc(Cl)c1Nc1ccccc1CC(=O)Oc1cc(O)cc(/C=C/c2ccc(O)cc2)c1. The molecule has 0 amide bonds. The van der Waals surface area contributed by atoms with Gasteiger partial charge in [-0.2, -0.15) is 0 Å². The third-order valence-corrected chi connectivity index (χ3v) is 5.66. The lowest BCUT2D eigenvalue weighted by Gasteiger charge is -2.15. The number of phenolic OH excluding ortho intramolecular Hbond substituents is 2. The highest BCUT2D eigenvalue weighted by molar-refractivity contribution is 6.33. The molecule has 0 unspecified atom stereocenters. The van der Waals surface area contributed by atoms with Crippen molar-refractivity contribution in [2.24, 2.45) is 0 Å². The molecular weight excluding hydrogens is 462 g/mol. The van der Waals surface area contributed by atoms with Gasteiger partial charge >= 0.3 is 5.97 Å². The molecule has 6 heteroatoms. The summed E-state index contributed by atoms with van der Waals surface area (Å²) in [5.41, 5.74) is 4.83. The number of nitrogens with one attached hydrogen (secondary N) is 1. The van der Waals surface area contributed by atoms with Crippen LogP contribution in [-0.2, 0) is 11.2 Å². The molecule has 0 atom stereocenters. The average molecular weight is 486 g/mol. The molecule has 0 spiro atoms. The van der Waals surface area contributed by atoms with E-state index in [1.807, 2.05) is 55.5 Å². The summed E-state index contributed by atoms with van der Waals surface area (Å²) in [5.74, 6) is -0.0497. The molecule has 4 aromatic rings. The van der Waals surface area contributed by atoms with Gasteiger partial charge in [0.2, 0.25) is 0 Å². The zero-order valence-corrected chi connectivity index (χ0v) is 19.8. The highest BCUT2D eigenvalue weighted by Gasteiger charge is 2.13. The molecule has 0 aliphatic heterocycles. The predicted octanol–water partition coefficient (Wildman–Crippen LogP) is 7.12. The molecule has 0 aromatic heterocycles. The molecule has 0 heterocycles. The van der Waals surface area contributed by atoms with E-state index in [1.165, 1.54) is 6.07 Å². The molecule has 0 saturated carbocycles. The molecule has 0 aliphatic rings. The normalized spacial score (nSPS) is 10.9. The maximum Gasteiger partial charge on any atom is 0.315 e. The second kappa shape index (κ2) is 10.8. The van der Waals surface area contributed by atoms with Gasteiger partial charge in [-0.1, -0.05) is 66.2 Å². The lowest BCUT2D eigenvalue weighted by molar-refractivity contribution is -0.133. The summed E-state index contributed by atoms with van der Waals surface area (Å²) in [7, 11) is 0. The Balaban J connectivity index is 1.48. The Labute approximate surface area is 208 Å². The number of para-hydroxylation sites is 2. The van der Waals surface area contributed by atoms with E-state index in [4.69, 9.17) is 16.3 Å². The number of aryl methyl sites for hydroxylation is 1. The van der Waals surface area contributed by atoms with Gasteiger partial charge in [0.25, 0.3) is 0 Å². The second-order valence-electron chi connectivity index (χ2n) is 8.05. The number of anilines is 2. The Hall–Kier alpha value is -4.22. The van der Waals surface area contributed by atoms with Crippen molar-refractivity contribution in [3.8, 4) is 17.2 Å². The minimum Gasteiger partial charge on any atom is -0.508 e. The number of carbonyl (C=O) groups is 1. The number of halogens is 1. The topological polar surface area (TPSA) is 78.8 Å². The minimum absolute atomic E-state index is 0.0167. The minimum atomic E-state index is -0.464. The summed E-state index contributed by atoms with van der Waals surface area (Å²) < 4.78 is 5.54. The Morgan fingerprint density at radius 2 is 1.63 bits per heavy atom. The first-order chi connectivity index (χ1) is 16.9. The second-order valence-corrected chi connectivity index (χ2v) is 8.46. The molecule has 35 heavy (non-hydrogen) atoms. The van der Waals surface area contributed by atoms with Crippen molar-refractivity contribution in [2.45, 2.75) is 13.3 Å². The Morgan fingerprint density at radius 1 is 0.886 bits per heavy atom. The Bertz CT molecular complexity index is 1360. The van der Waals surface area contributed by atoms with Crippen LogP contribution in [0, 0.1) is 6.92 Å². The first-order valence-electron chi connectivity index (χ1n) is 11.0. The average Bonchev–Trinajstić information content (AvgIpc) is 2.82. The van der Waals surface area contributed by atoms with Crippen LogP contribution in [0.15, 0.2) is 84.9 Å². The Kier molecular flexibility index (Phi) is 7.38. The molecule has 5 nitrogen and oxygen atoms in total. The van der Waals surface area contributed by atoms with E-state index in [2.05, 4.69) is 5.32 Å². The number of carbonyl (C=O) groups excluding carboxylic acids is 1. The molecule has 4 rings (SSSR count). The maximum absolute atomic E-state index is 12.8. The van der Waals surface area contributed by atoms with Gasteiger partial charge in [-0.05, 0) is 65.6 Å². The summed E-state index contributed by atoms with van der Waals surface area (Å²) in [4.78, 5) is 12.8. The third-order valence-electron chi connectivity index (χ3n) is 5.34. The number of ether oxygens (including phenoxy) is 1. The fourth-order valence-electron chi connectivity index (χ4n) is 3.58. The highest BCUT2D eigenvalue weighted by atomic mass is 35.5. The van der Waals surface area contributed by atoms with Crippen LogP contribution in [0.3, 0.4) is 0 Å². The van der Waals surface area contributed by atoms with Gasteiger partial charge < -0.3 is 20.3 Å². The van der Waals surface area contributed by atoms with Crippen molar-refractivity contribution < 1.29 is 19.7 Å². The molecule has 0 radical (unpaired) electrons. The summed E-state index contributed by atoms with van der Waals surface area (Å²) in [6, 6.07) is 24.5. The number of rotatable bonds is 7. The molecule has 0 aliphatic carbocycles. The molecule has 0 saturated heterocycles. The number of hydrogen-bond donors (Lipinski definition) is 3. The van der Waals surface area contributed by atoms with Crippen LogP contribution in [0.25, 0.3) is 12.2 Å². The van der Waals surface area contributed by atoms with Crippen molar-refractivity contribution in [3.63, 3.8) is 0 Å². The van der Waals surface area contributed by atoms with E-state index in [9.17, 15) is 15.0 Å². The van der Waals surface area contributed by atoms with Crippen molar-refractivity contribution in [2.75, 3.05) is 5.32 Å². The highest BCUT2D eigenvalue weighted by Crippen LogP contribution is 2.31. The lowest BCUT2D eigenvalue weighted by Crippen LogP contribution is -2.12. The van der Waals surface area contributed by atoms with E-state index in [0.717, 1.165) is 28.1 Å². The first kappa shape index (κ1) is 23.9. The number of phenols is 2. The number of benzene rings is 4. The van der Waals surface area contributed by atoms with Gasteiger partial charge in [0.15, 0.2) is 0 Å². The predicted molar refractivity (Wildman–Crippen MR) is 140 cm³/mol. The molecule has 3 N–H and O–H groups in total. The fraction of sp³-hybridized carbons (Fsp3) is 0.0690. The van der Waals surface area contributed by atoms with Crippen LogP contribution in [-0.4, -0.2) is 16.2 Å². The van der Waals surface area contributed by atoms with Gasteiger partial charge in [0, 0.05) is 11.8 Å². The summed E-state index contributed by atoms with van der Waals surface area (Å²) in [6.45, 7) is 1.96. The molecular formula is C29H24ClNO4. The zero-order chi connectivity index (χ0) is 24.8. The van der Waals surface area contributed by atoms with E-state index in [0.29, 0.717) is 10.6 Å². The smallest absolute Gasteiger partial charge is 0.315 e. The van der Waals surface area contributed by atoms with Crippen LogP contribution in [0.2, 0.25) is 5.02 Å². The first-order valence-corrected chi connectivity index (χ1v) is 11.4. The number of esters is 1. The summed E-state index contributed by atoms with van der Waals surface area (Å²) >= 11 is 6.35. The van der Waals surface area contributed by atoms with E-state index in [-0.39, 0.29) is 23.7 Å². The van der Waals surface area contributed by atoms with Gasteiger partial charge in [-0.15, -0.1) is 0 Å². The van der Waals surface area contributed by atoms with Crippen LogP contribution >= 0.6 is 11.6 Å². The zero-order valence-electron chi connectivity index (χ0n) is 19.0.